The molecule has 3 N–H and O–H groups in total. The van der Waals surface area contributed by atoms with E-state index in [2.05, 4.69) is 10.2 Å². The van der Waals surface area contributed by atoms with Crippen LogP contribution in [0.25, 0.3) is 0 Å². The molecule has 7 nitrogen and oxygen atoms in total. The van der Waals surface area contributed by atoms with E-state index in [0.717, 1.165) is 5.56 Å². The zero-order valence-corrected chi connectivity index (χ0v) is 12.8. The van der Waals surface area contributed by atoms with Gasteiger partial charge in [-0.3, -0.25) is 4.55 Å². The van der Waals surface area contributed by atoms with Crippen LogP contribution >= 0.6 is 0 Å². The van der Waals surface area contributed by atoms with E-state index in [4.69, 9.17) is 15.0 Å². The molecule has 0 spiro atoms. The monoisotopic (exact) mass is 321 g/mol. The van der Waals surface area contributed by atoms with E-state index in [-0.39, 0.29) is 4.90 Å². The van der Waals surface area contributed by atoms with Crippen LogP contribution in [-0.4, -0.2) is 20.1 Å². The summed E-state index contributed by atoms with van der Waals surface area (Å²) in [4.78, 5) is -0.240. The summed E-state index contributed by atoms with van der Waals surface area (Å²) in [6.45, 7) is 1.82. The van der Waals surface area contributed by atoms with Crippen molar-refractivity contribution in [2.75, 3.05) is 12.8 Å². The van der Waals surface area contributed by atoms with Gasteiger partial charge in [0.25, 0.3) is 10.1 Å². The van der Waals surface area contributed by atoms with Crippen LogP contribution in [0.15, 0.2) is 51.5 Å². The SMILES string of the molecule is COc1cc(/N=N/c2cccc(S(=O)(=O)O)c2)c(C)cc1N. The highest BCUT2D eigenvalue weighted by atomic mass is 32.2. The van der Waals surface area contributed by atoms with Gasteiger partial charge in [-0.05, 0) is 36.8 Å². The number of azo groups is 1. The van der Waals surface area contributed by atoms with Gasteiger partial charge in [-0.2, -0.15) is 18.6 Å². The molecule has 2 aromatic rings. The lowest BCUT2D eigenvalue weighted by Crippen LogP contribution is -1.96. The second kappa shape index (κ2) is 6.12. The minimum absolute atomic E-state index is 0.240. The molecule has 0 atom stereocenters. The quantitative estimate of drug-likeness (QED) is 0.509. The normalized spacial score (nSPS) is 11.8. The fraction of sp³-hybridized carbons (Fsp3) is 0.143. The van der Waals surface area contributed by atoms with E-state index in [1.165, 1.54) is 25.3 Å². The molecule has 0 saturated heterocycles. The van der Waals surface area contributed by atoms with Gasteiger partial charge in [-0.1, -0.05) is 6.07 Å². The Hall–Kier alpha value is -2.45. The van der Waals surface area contributed by atoms with E-state index in [1.54, 1.807) is 18.2 Å². The van der Waals surface area contributed by atoms with E-state index >= 15 is 0 Å². The molecule has 2 rings (SSSR count). The van der Waals surface area contributed by atoms with Crippen molar-refractivity contribution in [2.45, 2.75) is 11.8 Å². The molecule has 0 saturated carbocycles. The first-order valence-electron chi connectivity index (χ1n) is 6.24. The Morgan fingerprint density at radius 2 is 1.91 bits per heavy atom. The molecule has 0 amide bonds. The zero-order chi connectivity index (χ0) is 16.3. The van der Waals surface area contributed by atoms with E-state index in [9.17, 15) is 8.42 Å². The molecule has 0 fully saturated rings. The van der Waals surface area contributed by atoms with Crippen molar-refractivity contribution in [3.05, 3.63) is 42.0 Å². The average molecular weight is 321 g/mol. The summed E-state index contributed by atoms with van der Waals surface area (Å²) in [7, 11) is -2.77. The van der Waals surface area contributed by atoms with Crippen molar-refractivity contribution in [3.8, 4) is 5.75 Å². The number of rotatable bonds is 4. The third-order valence-corrected chi connectivity index (χ3v) is 3.79. The molecule has 0 unspecified atom stereocenters. The largest absolute Gasteiger partial charge is 0.495 e. The Kier molecular flexibility index (Phi) is 4.43. The summed E-state index contributed by atoms with van der Waals surface area (Å²) in [5.74, 6) is 0.478. The lowest BCUT2D eigenvalue weighted by Gasteiger charge is -2.07. The van der Waals surface area contributed by atoms with Crippen molar-refractivity contribution in [3.63, 3.8) is 0 Å². The maximum atomic E-state index is 11.1. The lowest BCUT2D eigenvalue weighted by molar-refractivity contribution is 0.417. The molecule has 0 heterocycles. The summed E-state index contributed by atoms with van der Waals surface area (Å²) in [5, 5.41) is 8.03. The Bertz CT molecular complexity index is 832. The third kappa shape index (κ3) is 3.60. The molecule has 116 valence electrons. The second-order valence-electron chi connectivity index (χ2n) is 4.55. The van der Waals surface area contributed by atoms with Crippen LogP contribution in [0.5, 0.6) is 5.75 Å². The zero-order valence-electron chi connectivity index (χ0n) is 12.0. The first kappa shape index (κ1) is 15.9. The van der Waals surface area contributed by atoms with Gasteiger partial charge < -0.3 is 10.5 Å². The topological polar surface area (TPSA) is 114 Å². The third-order valence-electron chi connectivity index (χ3n) is 2.94. The highest BCUT2D eigenvalue weighted by molar-refractivity contribution is 7.85. The van der Waals surface area contributed by atoms with Gasteiger partial charge in [0, 0.05) is 6.07 Å². The van der Waals surface area contributed by atoms with Crippen LogP contribution in [0.4, 0.5) is 17.1 Å². The van der Waals surface area contributed by atoms with Crippen molar-refractivity contribution >= 4 is 27.2 Å². The molecule has 2 aromatic carbocycles. The number of ether oxygens (including phenoxy) is 1. The van der Waals surface area contributed by atoms with Crippen molar-refractivity contribution in [1.29, 1.82) is 0 Å². The Balaban J connectivity index is 2.37. The van der Waals surface area contributed by atoms with Crippen LogP contribution in [0, 0.1) is 6.92 Å². The minimum Gasteiger partial charge on any atom is -0.495 e. The number of aryl methyl sites for hydroxylation is 1. The highest BCUT2D eigenvalue weighted by Gasteiger charge is 2.09. The summed E-state index contributed by atoms with van der Waals surface area (Å²) in [5.41, 5.74) is 7.92. The standard InChI is InChI=1S/C14H15N3O4S/c1-9-6-12(15)14(21-2)8-13(9)17-16-10-4-3-5-11(7-10)22(18,19)20/h3-8H,15H2,1-2H3,(H,18,19,20)/b17-16+. The van der Waals surface area contributed by atoms with Crippen molar-refractivity contribution in [2.24, 2.45) is 10.2 Å². The van der Waals surface area contributed by atoms with Gasteiger partial charge in [0.15, 0.2) is 0 Å². The molecular formula is C14H15N3O4S. The summed E-state index contributed by atoms with van der Waals surface area (Å²) >= 11 is 0. The van der Waals surface area contributed by atoms with Crippen LogP contribution < -0.4 is 10.5 Å². The van der Waals surface area contributed by atoms with Gasteiger partial charge in [-0.25, -0.2) is 0 Å². The number of nitrogen functional groups attached to an aromatic ring is 1. The van der Waals surface area contributed by atoms with Crippen LogP contribution in [0.1, 0.15) is 5.56 Å². The Morgan fingerprint density at radius 3 is 2.55 bits per heavy atom. The molecule has 0 aliphatic carbocycles. The van der Waals surface area contributed by atoms with Crippen LogP contribution in [-0.2, 0) is 10.1 Å². The maximum Gasteiger partial charge on any atom is 0.294 e. The lowest BCUT2D eigenvalue weighted by atomic mass is 10.1. The van der Waals surface area contributed by atoms with Crippen molar-refractivity contribution < 1.29 is 17.7 Å². The molecule has 0 radical (unpaired) electrons. The van der Waals surface area contributed by atoms with E-state index in [0.29, 0.717) is 22.8 Å². The Labute approximate surface area is 128 Å². The van der Waals surface area contributed by atoms with Crippen molar-refractivity contribution in [1.82, 2.24) is 0 Å². The first-order valence-corrected chi connectivity index (χ1v) is 7.68. The fourth-order valence-electron chi connectivity index (χ4n) is 1.80. The first-order chi connectivity index (χ1) is 10.3. The smallest absolute Gasteiger partial charge is 0.294 e. The molecule has 0 bridgehead atoms. The molecular weight excluding hydrogens is 306 g/mol. The van der Waals surface area contributed by atoms with Gasteiger partial charge in [-0.15, -0.1) is 0 Å². The summed E-state index contributed by atoms with van der Waals surface area (Å²) < 4.78 is 36.3. The van der Waals surface area contributed by atoms with Gasteiger partial charge >= 0.3 is 0 Å². The van der Waals surface area contributed by atoms with Crippen LogP contribution in [0.2, 0.25) is 0 Å². The summed E-state index contributed by atoms with van der Waals surface area (Å²) in [6.07, 6.45) is 0. The number of anilines is 1. The van der Waals surface area contributed by atoms with Gasteiger partial charge in [0.05, 0.1) is 29.1 Å². The molecule has 0 aromatic heterocycles. The van der Waals surface area contributed by atoms with E-state index < -0.39 is 10.1 Å². The highest BCUT2D eigenvalue weighted by Crippen LogP contribution is 2.31. The number of hydrogen-bond donors (Lipinski definition) is 2. The molecule has 22 heavy (non-hydrogen) atoms. The molecule has 0 aliphatic heterocycles. The Morgan fingerprint density at radius 1 is 1.18 bits per heavy atom. The number of benzene rings is 2. The van der Waals surface area contributed by atoms with Crippen LogP contribution in [0.3, 0.4) is 0 Å². The van der Waals surface area contributed by atoms with E-state index in [1.807, 2.05) is 6.92 Å². The second-order valence-corrected chi connectivity index (χ2v) is 5.97. The van der Waals surface area contributed by atoms with Gasteiger partial charge in [0.1, 0.15) is 5.75 Å². The summed E-state index contributed by atoms with van der Waals surface area (Å²) in [6, 6.07) is 8.88. The number of nitrogens with zero attached hydrogens (tertiary/aromatic N) is 2. The molecule has 0 aliphatic rings. The predicted octanol–water partition coefficient (Wildman–Crippen LogP) is 3.25. The fourth-order valence-corrected chi connectivity index (χ4v) is 2.32. The maximum absolute atomic E-state index is 11.1. The average Bonchev–Trinajstić information content (AvgIpc) is 2.46. The molecule has 8 heteroatoms. The van der Waals surface area contributed by atoms with Gasteiger partial charge in [0.2, 0.25) is 0 Å². The minimum atomic E-state index is -4.27. The number of hydrogen-bond acceptors (Lipinski definition) is 6. The predicted molar refractivity (Wildman–Crippen MR) is 82.6 cm³/mol. The number of methoxy groups -OCH3 is 1. The number of nitrogens with two attached hydrogens (primary N) is 1.